The Balaban J connectivity index is 2.24. The molecule has 1 aromatic carbocycles. The van der Waals surface area contributed by atoms with E-state index in [-0.39, 0.29) is 0 Å². The van der Waals surface area contributed by atoms with Crippen LogP contribution in [0.15, 0.2) is 36.5 Å². The summed E-state index contributed by atoms with van der Waals surface area (Å²) in [6.45, 7) is 8.28. The van der Waals surface area contributed by atoms with Crippen LogP contribution in [0.2, 0.25) is 0 Å². The van der Waals surface area contributed by atoms with Crippen molar-refractivity contribution in [3.05, 3.63) is 53.3 Å². The number of aryl methyl sites for hydroxylation is 1. The summed E-state index contributed by atoms with van der Waals surface area (Å²) in [6, 6.07) is 9.92. The number of aromatic nitrogens is 1. The molecule has 0 amide bonds. The molecule has 0 saturated carbocycles. The van der Waals surface area contributed by atoms with Gasteiger partial charge in [-0.05, 0) is 48.6 Å². The minimum absolute atomic E-state index is 0.398. The lowest BCUT2D eigenvalue weighted by Crippen LogP contribution is -1.99. The minimum atomic E-state index is -0.510. The van der Waals surface area contributed by atoms with Crippen LogP contribution in [-0.4, -0.2) is 10.1 Å². The van der Waals surface area contributed by atoms with E-state index in [2.05, 4.69) is 37.9 Å². The fourth-order valence-electron chi connectivity index (χ4n) is 2.19. The van der Waals surface area contributed by atoms with Crippen molar-refractivity contribution in [2.45, 2.75) is 46.1 Å². The van der Waals surface area contributed by atoms with Gasteiger partial charge in [0.15, 0.2) is 0 Å². The van der Waals surface area contributed by atoms with Gasteiger partial charge in [0, 0.05) is 0 Å². The third-order valence-electron chi connectivity index (χ3n) is 3.51. The lowest BCUT2D eigenvalue weighted by Gasteiger charge is -2.15. The summed E-state index contributed by atoms with van der Waals surface area (Å²) < 4.78 is 5.98. The molecule has 1 atom stereocenters. The van der Waals surface area contributed by atoms with Gasteiger partial charge in [0.25, 0.3) is 0 Å². The highest BCUT2D eigenvalue weighted by Gasteiger charge is 2.10. The van der Waals surface area contributed by atoms with Gasteiger partial charge in [0.05, 0.1) is 18.0 Å². The van der Waals surface area contributed by atoms with Crippen molar-refractivity contribution in [1.29, 1.82) is 0 Å². The molecule has 2 aromatic rings. The van der Waals surface area contributed by atoms with Crippen LogP contribution in [0.3, 0.4) is 0 Å². The first kappa shape index (κ1) is 15.5. The molecule has 0 spiro atoms. The van der Waals surface area contributed by atoms with Crippen molar-refractivity contribution in [2.75, 3.05) is 0 Å². The molecule has 0 bridgehead atoms. The van der Waals surface area contributed by atoms with Crippen LogP contribution in [0.1, 0.15) is 56.0 Å². The second-order valence-electron chi connectivity index (χ2n) is 5.64. The molecule has 3 nitrogen and oxygen atoms in total. The van der Waals surface area contributed by atoms with E-state index in [1.54, 1.807) is 6.20 Å². The molecule has 1 aromatic heterocycles. The van der Waals surface area contributed by atoms with Gasteiger partial charge in [-0.1, -0.05) is 32.9 Å². The average Bonchev–Trinajstić information content (AvgIpc) is 2.47. The highest BCUT2D eigenvalue weighted by atomic mass is 16.5. The van der Waals surface area contributed by atoms with Gasteiger partial charge in [-0.2, -0.15) is 0 Å². The number of pyridine rings is 1. The molecule has 112 valence electrons. The number of hydrogen-bond acceptors (Lipinski definition) is 3. The Morgan fingerprint density at radius 1 is 1.19 bits per heavy atom. The highest BCUT2D eigenvalue weighted by Crippen LogP contribution is 2.31. The standard InChI is InChI=1S/C18H23NO2/c1-5-17(20)16-9-7-14(11-19-16)21-18-10-13(4)6-8-15(18)12(2)3/h6-12,17,20H,5H2,1-4H3. The first-order valence-electron chi connectivity index (χ1n) is 7.43. The van der Waals surface area contributed by atoms with Crippen LogP contribution in [0, 0.1) is 6.92 Å². The quantitative estimate of drug-likeness (QED) is 0.862. The SMILES string of the molecule is CCC(O)c1ccc(Oc2cc(C)ccc2C(C)C)cn1. The Labute approximate surface area is 126 Å². The first-order chi connectivity index (χ1) is 10.0. The number of aliphatic hydroxyl groups is 1. The van der Waals surface area contributed by atoms with E-state index in [4.69, 9.17) is 4.74 Å². The predicted octanol–water partition coefficient (Wildman–Crippen LogP) is 4.75. The van der Waals surface area contributed by atoms with Crippen molar-refractivity contribution in [2.24, 2.45) is 0 Å². The smallest absolute Gasteiger partial charge is 0.145 e. The van der Waals surface area contributed by atoms with Gasteiger partial charge in [-0.25, -0.2) is 0 Å². The summed E-state index contributed by atoms with van der Waals surface area (Å²) in [5, 5.41) is 9.76. The van der Waals surface area contributed by atoms with Gasteiger partial charge >= 0.3 is 0 Å². The van der Waals surface area contributed by atoms with Crippen molar-refractivity contribution >= 4 is 0 Å². The fourth-order valence-corrected chi connectivity index (χ4v) is 2.19. The van der Waals surface area contributed by atoms with Gasteiger partial charge in [0.1, 0.15) is 11.5 Å². The average molecular weight is 285 g/mol. The Morgan fingerprint density at radius 3 is 2.52 bits per heavy atom. The van der Waals surface area contributed by atoms with Crippen molar-refractivity contribution in [3.63, 3.8) is 0 Å². The molecular weight excluding hydrogens is 262 g/mol. The van der Waals surface area contributed by atoms with E-state index in [0.717, 1.165) is 5.75 Å². The molecule has 2 rings (SSSR count). The molecule has 0 saturated heterocycles. The van der Waals surface area contributed by atoms with E-state index in [1.165, 1.54) is 11.1 Å². The minimum Gasteiger partial charge on any atom is -0.455 e. The Hall–Kier alpha value is -1.87. The Kier molecular flexibility index (Phi) is 4.97. The molecule has 3 heteroatoms. The third kappa shape index (κ3) is 3.82. The molecule has 0 radical (unpaired) electrons. The van der Waals surface area contributed by atoms with Crippen LogP contribution in [-0.2, 0) is 0 Å². The third-order valence-corrected chi connectivity index (χ3v) is 3.51. The molecule has 1 N–H and O–H groups in total. The first-order valence-corrected chi connectivity index (χ1v) is 7.43. The summed E-state index contributed by atoms with van der Waals surface area (Å²) in [4.78, 5) is 4.27. The van der Waals surface area contributed by atoms with E-state index in [0.29, 0.717) is 23.8 Å². The molecule has 0 aliphatic rings. The summed E-state index contributed by atoms with van der Waals surface area (Å²) in [5.41, 5.74) is 3.02. The van der Waals surface area contributed by atoms with Crippen LogP contribution < -0.4 is 4.74 Å². The van der Waals surface area contributed by atoms with Gasteiger partial charge in [-0.15, -0.1) is 0 Å². The predicted molar refractivity (Wildman–Crippen MR) is 84.8 cm³/mol. The monoisotopic (exact) mass is 285 g/mol. The number of rotatable bonds is 5. The molecule has 1 unspecified atom stereocenters. The largest absolute Gasteiger partial charge is 0.455 e. The number of ether oxygens (including phenoxy) is 1. The zero-order valence-electron chi connectivity index (χ0n) is 13.1. The van der Waals surface area contributed by atoms with Crippen LogP contribution in [0.4, 0.5) is 0 Å². The number of nitrogens with zero attached hydrogens (tertiary/aromatic N) is 1. The maximum atomic E-state index is 9.76. The topological polar surface area (TPSA) is 42.4 Å². The molecule has 0 aliphatic carbocycles. The highest BCUT2D eigenvalue weighted by molar-refractivity contribution is 5.41. The summed E-state index contributed by atoms with van der Waals surface area (Å²) in [5.74, 6) is 1.96. The lowest BCUT2D eigenvalue weighted by molar-refractivity contribution is 0.169. The normalized spacial score (nSPS) is 12.5. The zero-order valence-corrected chi connectivity index (χ0v) is 13.1. The van der Waals surface area contributed by atoms with Crippen LogP contribution in [0.5, 0.6) is 11.5 Å². The Morgan fingerprint density at radius 2 is 1.95 bits per heavy atom. The second kappa shape index (κ2) is 6.72. The number of hydrogen-bond donors (Lipinski definition) is 1. The number of benzene rings is 1. The Bertz CT molecular complexity index is 591. The number of aliphatic hydroxyl groups excluding tert-OH is 1. The second-order valence-corrected chi connectivity index (χ2v) is 5.64. The molecular formula is C18H23NO2. The maximum absolute atomic E-state index is 9.76. The summed E-state index contributed by atoms with van der Waals surface area (Å²) in [6.07, 6.45) is 1.81. The van der Waals surface area contributed by atoms with Gasteiger partial charge in [0.2, 0.25) is 0 Å². The molecule has 0 fully saturated rings. The van der Waals surface area contributed by atoms with E-state index in [1.807, 2.05) is 25.1 Å². The molecule has 21 heavy (non-hydrogen) atoms. The van der Waals surface area contributed by atoms with E-state index >= 15 is 0 Å². The van der Waals surface area contributed by atoms with Crippen molar-refractivity contribution in [1.82, 2.24) is 4.98 Å². The van der Waals surface area contributed by atoms with Crippen LogP contribution in [0.25, 0.3) is 0 Å². The molecule has 1 heterocycles. The zero-order chi connectivity index (χ0) is 15.4. The van der Waals surface area contributed by atoms with Crippen LogP contribution >= 0.6 is 0 Å². The fraction of sp³-hybridized carbons (Fsp3) is 0.389. The summed E-state index contributed by atoms with van der Waals surface area (Å²) in [7, 11) is 0. The van der Waals surface area contributed by atoms with Gasteiger partial charge < -0.3 is 9.84 Å². The van der Waals surface area contributed by atoms with Crippen molar-refractivity contribution < 1.29 is 9.84 Å². The van der Waals surface area contributed by atoms with Gasteiger partial charge in [-0.3, -0.25) is 4.98 Å². The van der Waals surface area contributed by atoms with E-state index < -0.39 is 6.10 Å². The maximum Gasteiger partial charge on any atom is 0.145 e. The molecule has 0 aliphatic heterocycles. The summed E-state index contributed by atoms with van der Waals surface area (Å²) >= 11 is 0. The van der Waals surface area contributed by atoms with Crippen molar-refractivity contribution in [3.8, 4) is 11.5 Å². The lowest BCUT2D eigenvalue weighted by atomic mass is 10.0. The van der Waals surface area contributed by atoms with E-state index in [9.17, 15) is 5.11 Å².